The SMILES string of the molecule is Cc1noc2ncnc(N(C)CC(=O)O)c12. The minimum absolute atomic E-state index is 0.142. The van der Waals surface area contributed by atoms with Gasteiger partial charge in [0.1, 0.15) is 24.1 Å². The lowest BCUT2D eigenvalue weighted by Gasteiger charge is -2.15. The fourth-order valence-electron chi connectivity index (χ4n) is 1.47. The highest BCUT2D eigenvalue weighted by molar-refractivity contribution is 5.89. The molecule has 0 fully saturated rings. The summed E-state index contributed by atoms with van der Waals surface area (Å²) in [4.78, 5) is 20.1. The van der Waals surface area contributed by atoms with Gasteiger partial charge in [0.25, 0.3) is 5.71 Å². The number of aromatic nitrogens is 3. The third-order valence-electron chi connectivity index (χ3n) is 2.16. The molecule has 0 aliphatic rings. The molecule has 0 spiro atoms. The molecule has 0 aromatic carbocycles. The van der Waals surface area contributed by atoms with Gasteiger partial charge in [-0.1, -0.05) is 5.16 Å². The van der Waals surface area contributed by atoms with Crippen LogP contribution in [0.2, 0.25) is 0 Å². The lowest BCUT2D eigenvalue weighted by Crippen LogP contribution is -2.26. The molecule has 0 aliphatic carbocycles. The van der Waals surface area contributed by atoms with Crippen molar-refractivity contribution in [2.45, 2.75) is 6.92 Å². The molecule has 2 aromatic rings. The van der Waals surface area contributed by atoms with Gasteiger partial charge in [0.2, 0.25) is 0 Å². The van der Waals surface area contributed by atoms with Crippen LogP contribution in [0.15, 0.2) is 10.9 Å². The smallest absolute Gasteiger partial charge is 0.323 e. The van der Waals surface area contributed by atoms with Crippen LogP contribution in [0, 0.1) is 6.92 Å². The zero-order valence-electron chi connectivity index (χ0n) is 8.84. The van der Waals surface area contributed by atoms with Gasteiger partial charge in [-0.25, -0.2) is 4.98 Å². The number of rotatable bonds is 3. The van der Waals surface area contributed by atoms with Crippen molar-refractivity contribution in [3.05, 3.63) is 12.0 Å². The molecule has 2 heterocycles. The van der Waals surface area contributed by atoms with Gasteiger partial charge in [-0.05, 0) is 6.92 Å². The van der Waals surface area contributed by atoms with Gasteiger partial charge >= 0.3 is 5.97 Å². The zero-order chi connectivity index (χ0) is 11.7. The Labute approximate surface area is 90.7 Å². The first-order chi connectivity index (χ1) is 7.59. The molecule has 0 unspecified atom stereocenters. The maximum absolute atomic E-state index is 10.6. The summed E-state index contributed by atoms with van der Waals surface area (Å²) in [6, 6.07) is 0. The van der Waals surface area contributed by atoms with Crippen LogP contribution in [-0.2, 0) is 4.79 Å². The minimum Gasteiger partial charge on any atom is -0.480 e. The van der Waals surface area contributed by atoms with Crippen molar-refractivity contribution < 1.29 is 14.4 Å². The van der Waals surface area contributed by atoms with Gasteiger partial charge in [-0.15, -0.1) is 0 Å². The molecule has 7 heteroatoms. The topological polar surface area (TPSA) is 92.4 Å². The van der Waals surface area contributed by atoms with Crippen molar-refractivity contribution in [2.75, 3.05) is 18.5 Å². The molecule has 0 saturated carbocycles. The third kappa shape index (κ3) is 1.67. The summed E-state index contributed by atoms with van der Waals surface area (Å²) in [6.45, 7) is 1.62. The van der Waals surface area contributed by atoms with Crippen LogP contribution in [0.25, 0.3) is 11.1 Å². The minimum atomic E-state index is -0.927. The van der Waals surface area contributed by atoms with Crippen LogP contribution in [0.1, 0.15) is 5.69 Å². The largest absolute Gasteiger partial charge is 0.480 e. The number of anilines is 1. The van der Waals surface area contributed by atoms with Crippen molar-refractivity contribution >= 4 is 22.9 Å². The van der Waals surface area contributed by atoms with E-state index in [2.05, 4.69) is 15.1 Å². The summed E-state index contributed by atoms with van der Waals surface area (Å²) in [7, 11) is 1.64. The quantitative estimate of drug-likeness (QED) is 0.805. The molecule has 0 bridgehead atoms. The number of fused-ring (bicyclic) bond motifs is 1. The van der Waals surface area contributed by atoms with E-state index in [0.717, 1.165) is 0 Å². The van der Waals surface area contributed by atoms with Gasteiger partial charge in [-0.3, -0.25) is 4.79 Å². The lowest BCUT2D eigenvalue weighted by molar-refractivity contribution is -0.135. The average Bonchev–Trinajstić information content (AvgIpc) is 2.59. The highest BCUT2D eigenvalue weighted by Crippen LogP contribution is 2.24. The van der Waals surface area contributed by atoms with Gasteiger partial charge in [-0.2, -0.15) is 4.98 Å². The van der Waals surface area contributed by atoms with E-state index in [0.29, 0.717) is 22.6 Å². The number of likely N-dealkylation sites (N-methyl/N-ethyl adjacent to an activating group) is 1. The number of carbonyl (C=O) groups is 1. The standard InChI is InChI=1S/C9H10N4O3/c1-5-7-8(13(2)3-6(14)15)10-4-11-9(7)16-12-5/h4H,3H2,1-2H3,(H,14,15). The first-order valence-electron chi connectivity index (χ1n) is 4.59. The Kier molecular flexibility index (Phi) is 2.43. The van der Waals surface area contributed by atoms with Crippen molar-refractivity contribution in [3.8, 4) is 0 Å². The van der Waals surface area contributed by atoms with Gasteiger partial charge in [0, 0.05) is 7.05 Å². The Morgan fingerprint density at radius 2 is 2.31 bits per heavy atom. The summed E-state index contributed by atoms with van der Waals surface area (Å²) in [5, 5.41) is 13.1. The maximum atomic E-state index is 10.6. The van der Waals surface area contributed by atoms with Crippen molar-refractivity contribution in [2.24, 2.45) is 0 Å². The molecule has 16 heavy (non-hydrogen) atoms. The molecule has 0 radical (unpaired) electrons. The van der Waals surface area contributed by atoms with E-state index >= 15 is 0 Å². The highest BCUT2D eigenvalue weighted by Gasteiger charge is 2.16. The number of aryl methyl sites for hydroxylation is 1. The first-order valence-corrected chi connectivity index (χ1v) is 4.59. The Morgan fingerprint density at radius 3 is 3.00 bits per heavy atom. The Balaban J connectivity index is 2.50. The monoisotopic (exact) mass is 222 g/mol. The first kappa shape index (κ1) is 10.3. The van der Waals surface area contributed by atoms with Crippen molar-refractivity contribution in [1.82, 2.24) is 15.1 Å². The predicted molar refractivity (Wildman–Crippen MR) is 55.2 cm³/mol. The number of hydrogen-bond acceptors (Lipinski definition) is 6. The molecule has 7 nitrogen and oxygen atoms in total. The molecule has 0 saturated heterocycles. The van der Waals surface area contributed by atoms with Crippen molar-refractivity contribution in [1.29, 1.82) is 0 Å². The zero-order valence-corrected chi connectivity index (χ0v) is 8.84. The summed E-state index contributed by atoms with van der Waals surface area (Å²) >= 11 is 0. The lowest BCUT2D eigenvalue weighted by atomic mass is 10.3. The Hall–Kier alpha value is -2.18. The van der Waals surface area contributed by atoms with Crippen LogP contribution in [0.4, 0.5) is 5.82 Å². The van der Waals surface area contributed by atoms with E-state index in [9.17, 15) is 4.79 Å². The van der Waals surface area contributed by atoms with Gasteiger partial charge in [0.15, 0.2) is 0 Å². The predicted octanol–water partition coefficient (Wildman–Crippen LogP) is 0.447. The Morgan fingerprint density at radius 1 is 1.56 bits per heavy atom. The number of carboxylic acid groups (broad SMARTS) is 1. The molecule has 0 aliphatic heterocycles. The molecule has 84 valence electrons. The summed E-state index contributed by atoms with van der Waals surface area (Å²) in [6.07, 6.45) is 1.32. The fraction of sp³-hybridized carbons (Fsp3) is 0.333. The summed E-state index contributed by atoms with van der Waals surface area (Å²) in [5.74, 6) is -0.422. The van der Waals surface area contributed by atoms with E-state index in [1.54, 1.807) is 14.0 Å². The van der Waals surface area contributed by atoms with Crippen LogP contribution < -0.4 is 4.90 Å². The third-order valence-corrected chi connectivity index (χ3v) is 2.16. The van der Waals surface area contributed by atoms with Crippen LogP contribution in [0.3, 0.4) is 0 Å². The van der Waals surface area contributed by atoms with Crippen molar-refractivity contribution in [3.63, 3.8) is 0 Å². The average molecular weight is 222 g/mol. The van der Waals surface area contributed by atoms with E-state index in [1.165, 1.54) is 11.2 Å². The van der Waals surface area contributed by atoms with Crippen LogP contribution in [-0.4, -0.2) is 39.8 Å². The fourth-order valence-corrected chi connectivity index (χ4v) is 1.47. The summed E-state index contributed by atoms with van der Waals surface area (Å²) in [5.41, 5.74) is 1.00. The molecule has 2 rings (SSSR count). The number of aliphatic carboxylic acids is 1. The van der Waals surface area contributed by atoms with E-state index in [-0.39, 0.29) is 6.54 Å². The number of nitrogens with zero attached hydrogens (tertiary/aromatic N) is 4. The van der Waals surface area contributed by atoms with Gasteiger partial charge in [0.05, 0.1) is 5.69 Å². The van der Waals surface area contributed by atoms with E-state index in [1.807, 2.05) is 0 Å². The Bertz CT molecular complexity index is 537. The molecule has 1 N–H and O–H groups in total. The van der Waals surface area contributed by atoms with Gasteiger partial charge < -0.3 is 14.5 Å². The number of hydrogen-bond donors (Lipinski definition) is 1. The normalized spacial score (nSPS) is 10.6. The number of carboxylic acids is 1. The molecular formula is C9H10N4O3. The highest BCUT2D eigenvalue weighted by atomic mass is 16.5. The van der Waals surface area contributed by atoms with Crippen LogP contribution >= 0.6 is 0 Å². The molecule has 2 aromatic heterocycles. The van der Waals surface area contributed by atoms with Crippen LogP contribution in [0.5, 0.6) is 0 Å². The second-order valence-corrected chi connectivity index (χ2v) is 3.40. The second kappa shape index (κ2) is 3.76. The van der Waals surface area contributed by atoms with E-state index in [4.69, 9.17) is 9.63 Å². The second-order valence-electron chi connectivity index (χ2n) is 3.40. The summed E-state index contributed by atoms with van der Waals surface area (Å²) < 4.78 is 4.97. The van der Waals surface area contributed by atoms with E-state index < -0.39 is 5.97 Å². The molecule has 0 atom stereocenters. The molecular weight excluding hydrogens is 212 g/mol. The molecule has 0 amide bonds. The maximum Gasteiger partial charge on any atom is 0.323 e.